The molecule has 0 aromatic heterocycles. The van der Waals surface area contributed by atoms with E-state index in [1.165, 1.54) is 7.05 Å². The maximum atomic E-state index is 12.4. The normalized spacial score (nSPS) is 14.5. The number of carbonyl (C=O) groups is 1. The molecule has 0 aliphatic heterocycles. The van der Waals surface area contributed by atoms with E-state index in [9.17, 15) is 13.6 Å². The van der Waals surface area contributed by atoms with E-state index in [4.69, 9.17) is 10.2 Å². The van der Waals surface area contributed by atoms with Crippen molar-refractivity contribution in [2.75, 3.05) is 13.6 Å². The number of aliphatic hydroxyl groups excluding tert-OH is 1. The smallest absolute Gasteiger partial charge is 0.338 e. The van der Waals surface area contributed by atoms with Gasteiger partial charge in [0.15, 0.2) is 0 Å². The van der Waals surface area contributed by atoms with Gasteiger partial charge in [-0.25, -0.2) is 13.6 Å². The molecule has 0 bridgehead atoms. The summed E-state index contributed by atoms with van der Waals surface area (Å²) in [4.78, 5) is 9.86. The minimum atomic E-state index is -3.62. The Hall–Kier alpha value is -0.750. The molecule has 0 aromatic carbocycles. The van der Waals surface area contributed by atoms with Gasteiger partial charge in [-0.1, -0.05) is 0 Å². The molecule has 0 aliphatic carbocycles. The molecule has 0 rings (SSSR count). The van der Waals surface area contributed by atoms with Gasteiger partial charge in [-0.05, 0) is 7.05 Å². The number of carboxylic acid groups (broad SMARTS) is 1. The van der Waals surface area contributed by atoms with Crippen molar-refractivity contribution in [1.82, 2.24) is 5.32 Å². The predicted molar refractivity (Wildman–Crippen MR) is 32.5 cm³/mol. The summed E-state index contributed by atoms with van der Waals surface area (Å²) in [6.07, 6.45) is -2.64. The number of hydrogen-bond donors (Lipinski definition) is 3. The van der Waals surface area contributed by atoms with Crippen molar-refractivity contribution in [1.29, 1.82) is 0 Å². The Morgan fingerprint density at radius 3 is 2.45 bits per heavy atom. The summed E-state index contributed by atoms with van der Waals surface area (Å²) in [7, 11) is 1.24. The van der Waals surface area contributed by atoms with Crippen LogP contribution in [0.15, 0.2) is 0 Å². The van der Waals surface area contributed by atoms with Gasteiger partial charge in [-0.2, -0.15) is 0 Å². The van der Waals surface area contributed by atoms with Crippen LogP contribution in [-0.4, -0.2) is 41.8 Å². The van der Waals surface area contributed by atoms with E-state index in [1.54, 1.807) is 0 Å². The van der Waals surface area contributed by atoms with Crippen LogP contribution in [-0.2, 0) is 4.79 Å². The molecular weight excluding hydrogens is 160 g/mol. The van der Waals surface area contributed by atoms with Gasteiger partial charge in [0.1, 0.15) is 0 Å². The Balaban J connectivity index is 4.16. The number of nitrogens with one attached hydrogen (secondary N) is 1. The third-order valence-electron chi connectivity index (χ3n) is 1.05. The molecule has 0 saturated heterocycles. The molecule has 6 heteroatoms. The standard InChI is InChI=1S/C5H9F2NO3/c1-8-2-5(6,7)3(9)4(10)11/h3,8-9H,2H2,1H3,(H,10,11)/t3-/m1/s1. The monoisotopic (exact) mass is 169 g/mol. The zero-order valence-electron chi connectivity index (χ0n) is 5.84. The van der Waals surface area contributed by atoms with Gasteiger partial charge >= 0.3 is 5.97 Å². The fourth-order valence-corrected chi connectivity index (χ4v) is 0.513. The second-order valence-corrected chi connectivity index (χ2v) is 2.03. The third-order valence-corrected chi connectivity index (χ3v) is 1.05. The summed E-state index contributed by atoms with van der Waals surface area (Å²) in [5.41, 5.74) is 0. The Morgan fingerprint density at radius 2 is 2.18 bits per heavy atom. The molecule has 0 unspecified atom stereocenters. The molecule has 1 atom stereocenters. The number of aliphatic hydroxyl groups is 1. The lowest BCUT2D eigenvalue weighted by Gasteiger charge is -2.18. The highest BCUT2D eigenvalue weighted by Gasteiger charge is 2.42. The second kappa shape index (κ2) is 3.59. The summed E-state index contributed by atoms with van der Waals surface area (Å²) in [6, 6.07) is 0. The molecule has 0 radical (unpaired) electrons. The van der Waals surface area contributed by atoms with Crippen molar-refractivity contribution in [3.63, 3.8) is 0 Å². The highest BCUT2D eigenvalue weighted by Crippen LogP contribution is 2.17. The molecule has 0 amide bonds. The molecule has 0 heterocycles. The van der Waals surface area contributed by atoms with Crippen molar-refractivity contribution in [2.24, 2.45) is 0 Å². The maximum Gasteiger partial charge on any atom is 0.338 e. The number of alkyl halides is 2. The zero-order valence-corrected chi connectivity index (χ0v) is 5.84. The summed E-state index contributed by atoms with van der Waals surface area (Å²) in [5, 5.41) is 18.5. The van der Waals surface area contributed by atoms with Crippen LogP contribution in [0.2, 0.25) is 0 Å². The van der Waals surface area contributed by atoms with E-state index in [-0.39, 0.29) is 0 Å². The maximum absolute atomic E-state index is 12.4. The van der Waals surface area contributed by atoms with E-state index < -0.39 is 24.5 Å². The summed E-state index contributed by atoms with van der Waals surface area (Å²) in [6.45, 7) is -0.861. The number of hydrogen-bond acceptors (Lipinski definition) is 3. The lowest BCUT2D eigenvalue weighted by atomic mass is 10.2. The van der Waals surface area contributed by atoms with Gasteiger partial charge in [-0.15, -0.1) is 0 Å². The van der Waals surface area contributed by atoms with Crippen molar-refractivity contribution >= 4 is 5.97 Å². The second-order valence-electron chi connectivity index (χ2n) is 2.03. The first-order chi connectivity index (χ1) is 4.91. The number of carboxylic acids is 1. The predicted octanol–water partition coefficient (Wildman–Crippen LogP) is -0.713. The molecule has 3 N–H and O–H groups in total. The van der Waals surface area contributed by atoms with Gasteiger partial charge in [0.05, 0.1) is 6.54 Å². The molecule has 0 aromatic rings. The Labute approximate surface area is 61.8 Å². The largest absolute Gasteiger partial charge is 0.479 e. The molecule has 4 nitrogen and oxygen atoms in total. The fraction of sp³-hybridized carbons (Fsp3) is 0.800. The lowest BCUT2D eigenvalue weighted by molar-refractivity contribution is -0.169. The van der Waals surface area contributed by atoms with Crippen LogP contribution in [0.1, 0.15) is 0 Å². The topological polar surface area (TPSA) is 69.6 Å². The van der Waals surface area contributed by atoms with E-state index in [0.29, 0.717) is 0 Å². The quantitative estimate of drug-likeness (QED) is 0.519. The molecule has 0 spiro atoms. The summed E-state index contributed by atoms with van der Waals surface area (Å²) < 4.78 is 24.8. The number of halogens is 2. The van der Waals surface area contributed by atoms with Crippen molar-refractivity contribution in [2.45, 2.75) is 12.0 Å². The minimum absolute atomic E-state index is 0.861. The first kappa shape index (κ1) is 10.2. The van der Waals surface area contributed by atoms with Gasteiger partial charge in [0.25, 0.3) is 5.92 Å². The highest BCUT2D eigenvalue weighted by molar-refractivity contribution is 5.73. The van der Waals surface area contributed by atoms with Crippen molar-refractivity contribution < 1.29 is 23.8 Å². The van der Waals surface area contributed by atoms with Crippen LogP contribution in [0.25, 0.3) is 0 Å². The van der Waals surface area contributed by atoms with Crippen LogP contribution in [0.5, 0.6) is 0 Å². The SMILES string of the molecule is CNCC(F)(F)[C@H](O)C(=O)O. The summed E-state index contributed by atoms with van der Waals surface area (Å²) in [5.74, 6) is -5.55. The van der Waals surface area contributed by atoms with Gasteiger partial charge in [-0.3, -0.25) is 0 Å². The average Bonchev–Trinajstić information content (AvgIpc) is 1.86. The zero-order chi connectivity index (χ0) is 9.07. The highest BCUT2D eigenvalue weighted by atomic mass is 19.3. The van der Waals surface area contributed by atoms with Crippen LogP contribution in [0, 0.1) is 0 Å². The first-order valence-corrected chi connectivity index (χ1v) is 2.85. The Kier molecular flexibility index (Phi) is 3.34. The molecular formula is C5H9F2NO3. The van der Waals surface area contributed by atoms with Crippen LogP contribution >= 0.6 is 0 Å². The number of rotatable bonds is 4. The Bertz CT molecular complexity index is 151. The van der Waals surface area contributed by atoms with Gasteiger partial charge in [0.2, 0.25) is 6.10 Å². The van der Waals surface area contributed by atoms with Gasteiger partial charge < -0.3 is 15.5 Å². The lowest BCUT2D eigenvalue weighted by Crippen LogP contribution is -2.46. The van der Waals surface area contributed by atoms with Crippen LogP contribution in [0.4, 0.5) is 8.78 Å². The first-order valence-electron chi connectivity index (χ1n) is 2.85. The fourth-order valence-electron chi connectivity index (χ4n) is 0.513. The number of aliphatic carboxylic acids is 1. The van der Waals surface area contributed by atoms with Crippen molar-refractivity contribution in [3.05, 3.63) is 0 Å². The average molecular weight is 169 g/mol. The Morgan fingerprint density at radius 1 is 1.73 bits per heavy atom. The molecule has 66 valence electrons. The van der Waals surface area contributed by atoms with Crippen LogP contribution in [0.3, 0.4) is 0 Å². The van der Waals surface area contributed by atoms with Gasteiger partial charge in [0, 0.05) is 0 Å². The van der Waals surface area contributed by atoms with E-state index in [1.807, 2.05) is 0 Å². The minimum Gasteiger partial charge on any atom is -0.479 e. The molecule has 0 saturated carbocycles. The molecule has 0 fully saturated rings. The van der Waals surface area contributed by atoms with E-state index in [2.05, 4.69) is 5.32 Å². The van der Waals surface area contributed by atoms with Crippen LogP contribution < -0.4 is 5.32 Å². The van der Waals surface area contributed by atoms with E-state index in [0.717, 1.165) is 0 Å². The summed E-state index contributed by atoms with van der Waals surface area (Å²) >= 11 is 0. The molecule has 11 heavy (non-hydrogen) atoms. The van der Waals surface area contributed by atoms with Crippen molar-refractivity contribution in [3.8, 4) is 0 Å². The van der Waals surface area contributed by atoms with E-state index >= 15 is 0 Å². The third kappa shape index (κ3) is 2.77. The molecule has 0 aliphatic rings.